The first-order chi connectivity index (χ1) is 8.88. The molecule has 0 bridgehead atoms. The Labute approximate surface area is 110 Å². The van der Waals surface area contributed by atoms with Gasteiger partial charge in [-0.05, 0) is 6.07 Å². The molecule has 0 unspecified atom stereocenters. The molecule has 104 valence electrons. The van der Waals surface area contributed by atoms with E-state index in [2.05, 4.69) is 4.98 Å². The summed E-state index contributed by atoms with van der Waals surface area (Å²) in [6.45, 7) is 1.44. The molecule has 0 amide bonds. The molecule has 1 fully saturated rings. The summed E-state index contributed by atoms with van der Waals surface area (Å²) >= 11 is 0. The highest BCUT2D eigenvalue weighted by Gasteiger charge is 2.24. The Morgan fingerprint density at radius 3 is 2.32 bits per heavy atom. The van der Waals surface area contributed by atoms with Gasteiger partial charge in [-0.25, -0.2) is 10.1 Å². The molecule has 0 aliphatic carbocycles. The predicted octanol–water partition coefficient (Wildman–Crippen LogP) is -0.685. The summed E-state index contributed by atoms with van der Waals surface area (Å²) in [5, 5.41) is 15.5. The number of hydrogen-bond donors (Lipinski definition) is 1. The van der Waals surface area contributed by atoms with Crippen molar-refractivity contribution in [2.75, 3.05) is 31.1 Å². The molecule has 1 aromatic heterocycles. The molecule has 2 N–H and O–H groups in total. The van der Waals surface area contributed by atoms with Gasteiger partial charge in [0, 0.05) is 32.2 Å². The van der Waals surface area contributed by atoms with Gasteiger partial charge in [0.1, 0.15) is 12.0 Å². The minimum atomic E-state index is -3.65. The van der Waals surface area contributed by atoms with Crippen LogP contribution >= 0.6 is 0 Å². The Morgan fingerprint density at radius 1 is 1.26 bits per heavy atom. The summed E-state index contributed by atoms with van der Waals surface area (Å²) in [7, 11) is -3.65. The highest BCUT2D eigenvalue weighted by Crippen LogP contribution is 2.17. The molecular weight excluding hydrogens is 274 g/mol. The van der Waals surface area contributed by atoms with Crippen LogP contribution in [0.25, 0.3) is 0 Å². The minimum Gasteiger partial charge on any atom is -0.354 e. The van der Waals surface area contributed by atoms with Gasteiger partial charge in [0.05, 0.1) is 4.92 Å². The second-order valence-corrected chi connectivity index (χ2v) is 5.61. The molecule has 9 nitrogen and oxygen atoms in total. The zero-order valence-corrected chi connectivity index (χ0v) is 10.8. The van der Waals surface area contributed by atoms with Crippen molar-refractivity contribution in [2.45, 2.75) is 0 Å². The van der Waals surface area contributed by atoms with E-state index < -0.39 is 15.1 Å². The quantitative estimate of drug-likeness (QED) is 0.580. The van der Waals surface area contributed by atoms with Gasteiger partial charge in [-0.2, -0.15) is 12.7 Å². The number of rotatable bonds is 3. The maximum absolute atomic E-state index is 11.1. The molecule has 1 aromatic rings. The van der Waals surface area contributed by atoms with Crippen LogP contribution in [0.2, 0.25) is 0 Å². The van der Waals surface area contributed by atoms with E-state index in [-0.39, 0.29) is 18.8 Å². The normalized spacial score (nSPS) is 17.4. The first-order valence-electron chi connectivity index (χ1n) is 5.51. The van der Waals surface area contributed by atoms with E-state index in [1.807, 2.05) is 4.90 Å². The number of aromatic nitrogens is 1. The highest BCUT2D eigenvalue weighted by molar-refractivity contribution is 7.86. The highest BCUT2D eigenvalue weighted by atomic mass is 32.2. The lowest BCUT2D eigenvalue weighted by molar-refractivity contribution is -0.385. The molecule has 0 spiro atoms. The number of pyridine rings is 1. The number of hydrogen-bond acceptors (Lipinski definition) is 6. The van der Waals surface area contributed by atoms with E-state index in [0.29, 0.717) is 18.9 Å². The van der Waals surface area contributed by atoms with Crippen molar-refractivity contribution in [1.29, 1.82) is 0 Å². The molecule has 1 aliphatic heterocycles. The molecule has 1 aliphatic rings. The number of anilines is 1. The fraction of sp³-hybridized carbons (Fsp3) is 0.444. The lowest BCUT2D eigenvalue weighted by Gasteiger charge is -2.33. The van der Waals surface area contributed by atoms with Gasteiger partial charge in [0.25, 0.3) is 15.9 Å². The lowest BCUT2D eigenvalue weighted by atomic mass is 10.3. The molecule has 1 saturated heterocycles. The standard InChI is InChI=1S/C9H13N5O4S/c10-19(17,18)13-5-3-12(4-6-13)9-2-1-8(7-11-9)14(15)16/h1-2,7H,3-6H2,(H2,10,17,18). The molecule has 10 heteroatoms. The molecule has 0 aromatic carbocycles. The Kier molecular flexibility index (Phi) is 3.64. The van der Waals surface area contributed by atoms with E-state index in [1.54, 1.807) is 6.07 Å². The second kappa shape index (κ2) is 5.07. The molecule has 0 saturated carbocycles. The molecule has 19 heavy (non-hydrogen) atoms. The van der Waals surface area contributed by atoms with E-state index in [9.17, 15) is 18.5 Å². The van der Waals surface area contributed by atoms with E-state index in [0.717, 1.165) is 0 Å². The van der Waals surface area contributed by atoms with Crippen LogP contribution in [0.5, 0.6) is 0 Å². The number of nitrogens with zero attached hydrogens (tertiary/aromatic N) is 4. The number of nitrogens with two attached hydrogens (primary N) is 1. The largest absolute Gasteiger partial charge is 0.354 e. The zero-order valence-electron chi connectivity index (χ0n) is 9.97. The average molecular weight is 287 g/mol. The summed E-state index contributed by atoms with van der Waals surface area (Å²) in [5.74, 6) is 0.583. The Balaban J connectivity index is 2.03. The smallest absolute Gasteiger partial charge is 0.287 e. The van der Waals surface area contributed by atoms with E-state index >= 15 is 0 Å². The monoisotopic (exact) mass is 287 g/mol. The second-order valence-electron chi connectivity index (χ2n) is 4.06. The molecule has 2 heterocycles. The third-order valence-corrected chi connectivity index (χ3v) is 3.95. The van der Waals surface area contributed by atoms with Gasteiger partial charge < -0.3 is 4.90 Å². The first-order valence-corrected chi connectivity index (χ1v) is 7.01. The fourth-order valence-corrected chi connectivity index (χ4v) is 2.52. The van der Waals surface area contributed by atoms with Crippen molar-refractivity contribution in [3.05, 3.63) is 28.4 Å². The Bertz CT molecular complexity index is 565. The summed E-state index contributed by atoms with van der Waals surface area (Å²) in [4.78, 5) is 15.8. The van der Waals surface area contributed by atoms with E-state index in [4.69, 9.17) is 5.14 Å². The third-order valence-electron chi connectivity index (χ3n) is 2.87. The topological polar surface area (TPSA) is 123 Å². The van der Waals surface area contributed by atoms with E-state index in [1.165, 1.54) is 16.6 Å². The van der Waals surface area contributed by atoms with Crippen LogP contribution in [-0.2, 0) is 10.2 Å². The molecule has 0 radical (unpaired) electrons. The van der Waals surface area contributed by atoms with Gasteiger partial charge in [-0.3, -0.25) is 10.1 Å². The summed E-state index contributed by atoms with van der Waals surface area (Å²) in [6, 6.07) is 2.92. The van der Waals surface area contributed by atoms with Crippen molar-refractivity contribution in [2.24, 2.45) is 5.14 Å². The van der Waals surface area contributed by atoms with Crippen LogP contribution in [0.3, 0.4) is 0 Å². The van der Waals surface area contributed by atoms with Crippen LogP contribution in [0.15, 0.2) is 18.3 Å². The predicted molar refractivity (Wildman–Crippen MR) is 67.8 cm³/mol. The van der Waals surface area contributed by atoms with Crippen molar-refractivity contribution < 1.29 is 13.3 Å². The maximum atomic E-state index is 11.1. The molecule has 2 rings (SSSR count). The average Bonchev–Trinajstić information content (AvgIpc) is 2.38. The molecule has 0 atom stereocenters. The van der Waals surface area contributed by atoms with Crippen LogP contribution in [0, 0.1) is 10.1 Å². The Morgan fingerprint density at radius 2 is 1.89 bits per heavy atom. The van der Waals surface area contributed by atoms with Gasteiger partial charge in [0.2, 0.25) is 0 Å². The SMILES string of the molecule is NS(=O)(=O)N1CCN(c2ccc([N+](=O)[O-])cn2)CC1. The third kappa shape index (κ3) is 3.16. The summed E-state index contributed by atoms with van der Waals surface area (Å²) in [6.07, 6.45) is 1.18. The number of piperazine rings is 1. The van der Waals surface area contributed by atoms with Crippen molar-refractivity contribution in [1.82, 2.24) is 9.29 Å². The van der Waals surface area contributed by atoms with Gasteiger partial charge in [-0.15, -0.1) is 0 Å². The molecular formula is C9H13N5O4S. The van der Waals surface area contributed by atoms with Crippen LogP contribution in [-0.4, -0.2) is 48.8 Å². The lowest BCUT2D eigenvalue weighted by Crippen LogP contribution is -2.50. The van der Waals surface area contributed by atoms with Crippen molar-refractivity contribution >= 4 is 21.7 Å². The summed E-state index contributed by atoms with van der Waals surface area (Å²) in [5.41, 5.74) is -0.0769. The van der Waals surface area contributed by atoms with Crippen molar-refractivity contribution in [3.8, 4) is 0 Å². The minimum absolute atomic E-state index is 0.0769. The van der Waals surface area contributed by atoms with Gasteiger partial charge in [-0.1, -0.05) is 0 Å². The number of nitro groups is 1. The van der Waals surface area contributed by atoms with Crippen molar-refractivity contribution in [3.63, 3.8) is 0 Å². The first kappa shape index (κ1) is 13.6. The zero-order chi connectivity index (χ0) is 14.0. The Hall–Kier alpha value is -1.78. The van der Waals surface area contributed by atoms with Crippen LogP contribution in [0.1, 0.15) is 0 Å². The summed E-state index contributed by atoms with van der Waals surface area (Å²) < 4.78 is 23.5. The van der Waals surface area contributed by atoms with Crippen LogP contribution in [0.4, 0.5) is 11.5 Å². The van der Waals surface area contributed by atoms with Crippen LogP contribution < -0.4 is 10.0 Å². The fourth-order valence-electron chi connectivity index (χ4n) is 1.84. The van der Waals surface area contributed by atoms with Gasteiger partial charge >= 0.3 is 0 Å². The van der Waals surface area contributed by atoms with Gasteiger partial charge in [0.15, 0.2) is 0 Å². The maximum Gasteiger partial charge on any atom is 0.287 e.